The van der Waals surface area contributed by atoms with Crippen molar-refractivity contribution in [2.45, 2.75) is 11.8 Å². The van der Waals surface area contributed by atoms with Crippen LogP contribution in [0.1, 0.15) is 27.6 Å². The first kappa shape index (κ1) is 22.3. The molecule has 3 aromatic rings. The lowest BCUT2D eigenvalue weighted by Crippen LogP contribution is -2.16. The molecule has 3 aromatic carbocycles. The van der Waals surface area contributed by atoms with Crippen LogP contribution in [0.2, 0.25) is 5.02 Å². The smallest absolute Gasteiger partial charge is 0.340 e. The number of carbonyl (C=O) groups excluding carboxylic acids is 2. The van der Waals surface area contributed by atoms with Crippen molar-refractivity contribution in [3.05, 3.63) is 88.9 Å². The van der Waals surface area contributed by atoms with Gasteiger partial charge in [0, 0.05) is 5.56 Å². The molecule has 0 saturated carbocycles. The number of halogens is 1. The SMILES string of the molecule is CCOC(=O)c1ccccc1NC(=O)c1ccc(NS(=O)(=O)c2ccccc2)c(Cl)c1. The molecule has 0 aromatic heterocycles. The summed E-state index contributed by atoms with van der Waals surface area (Å²) in [6.07, 6.45) is 0. The summed E-state index contributed by atoms with van der Waals surface area (Å²) in [7, 11) is -3.82. The Balaban J connectivity index is 1.79. The van der Waals surface area contributed by atoms with E-state index in [1.54, 1.807) is 49.4 Å². The van der Waals surface area contributed by atoms with E-state index in [-0.39, 0.29) is 39.0 Å². The number of nitrogens with one attached hydrogen (secondary N) is 2. The second-order valence-corrected chi connectivity index (χ2v) is 8.42. The minimum Gasteiger partial charge on any atom is -0.462 e. The van der Waals surface area contributed by atoms with Crippen molar-refractivity contribution in [3.63, 3.8) is 0 Å². The second kappa shape index (κ2) is 9.63. The van der Waals surface area contributed by atoms with Crippen LogP contribution in [0.25, 0.3) is 0 Å². The zero-order valence-electron chi connectivity index (χ0n) is 16.5. The first-order valence-corrected chi connectivity index (χ1v) is 11.1. The summed E-state index contributed by atoms with van der Waals surface area (Å²) in [6.45, 7) is 1.89. The average Bonchev–Trinajstić information content (AvgIpc) is 2.76. The Bertz CT molecular complexity index is 1210. The van der Waals surface area contributed by atoms with Crippen molar-refractivity contribution >= 4 is 44.9 Å². The van der Waals surface area contributed by atoms with E-state index in [4.69, 9.17) is 16.3 Å². The predicted molar refractivity (Wildman–Crippen MR) is 119 cm³/mol. The van der Waals surface area contributed by atoms with Crippen molar-refractivity contribution in [2.75, 3.05) is 16.6 Å². The molecule has 0 saturated heterocycles. The minimum atomic E-state index is -3.82. The van der Waals surface area contributed by atoms with Gasteiger partial charge in [-0.05, 0) is 49.4 Å². The summed E-state index contributed by atoms with van der Waals surface area (Å²) >= 11 is 6.21. The largest absolute Gasteiger partial charge is 0.462 e. The van der Waals surface area contributed by atoms with Gasteiger partial charge < -0.3 is 10.1 Å². The van der Waals surface area contributed by atoms with Crippen molar-refractivity contribution in [2.24, 2.45) is 0 Å². The lowest BCUT2D eigenvalue weighted by Gasteiger charge is -2.12. The van der Waals surface area contributed by atoms with Crippen molar-refractivity contribution in [1.82, 2.24) is 0 Å². The maximum atomic E-state index is 12.7. The molecule has 0 spiro atoms. The van der Waals surface area contributed by atoms with Crippen LogP contribution in [0.3, 0.4) is 0 Å². The molecule has 0 unspecified atom stereocenters. The summed E-state index contributed by atoms with van der Waals surface area (Å²) in [5, 5.41) is 2.70. The molecule has 0 atom stereocenters. The highest BCUT2D eigenvalue weighted by atomic mass is 35.5. The average molecular weight is 459 g/mol. The summed E-state index contributed by atoms with van der Waals surface area (Å²) in [5.74, 6) is -1.07. The molecule has 0 aliphatic heterocycles. The van der Waals surface area contributed by atoms with Gasteiger partial charge in [0.15, 0.2) is 0 Å². The highest BCUT2D eigenvalue weighted by molar-refractivity contribution is 7.92. The number of hydrogen-bond acceptors (Lipinski definition) is 5. The van der Waals surface area contributed by atoms with Crippen LogP contribution in [0.15, 0.2) is 77.7 Å². The number of amides is 1. The number of benzene rings is 3. The predicted octanol–water partition coefficient (Wildman–Crippen LogP) is 4.57. The molecule has 1 amide bonds. The number of ether oxygens (including phenoxy) is 1. The third-order valence-corrected chi connectivity index (χ3v) is 5.89. The van der Waals surface area contributed by atoms with Crippen molar-refractivity contribution < 1.29 is 22.7 Å². The Morgan fingerprint density at radius 3 is 2.29 bits per heavy atom. The fourth-order valence-electron chi connectivity index (χ4n) is 2.72. The van der Waals surface area contributed by atoms with Gasteiger partial charge in [0.05, 0.1) is 33.5 Å². The molecule has 160 valence electrons. The quantitative estimate of drug-likeness (QED) is 0.505. The number of hydrogen-bond donors (Lipinski definition) is 2. The first-order valence-electron chi connectivity index (χ1n) is 9.26. The van der Waals surface area contributed by atoms with Gasteiger partial charge in [0.1, 0.15) is 0 Å². The van der Waals surface area contributed by atoms with E-state index < -0.39 is 21.9 Å². The molecule has 0 fully saturated rings. The van der Waals surface area contributed by atoms with Gasteiger partial charge in [-0.15, -0.1) is 0 Å². The molecule has 31 heavy (non-hydrogen) atoms. The lowest BCUT2D eigenvalue weighted by atomic mass is 10.1. The van der Waals surface area contributed by atoms with E-state index in [1.165, 1.54) is 30.3 Å². The summed E-state index contributed by atoms with van der Waals surface area (Å²) < 4.78 is 32.4. The molecule has 3 rings (SSSR count). The van der Waals surface area contributed by atoms with Gasteiger partial charge in [-0.2, -0.15) is 0 Å². The van der Waals surface area contributed by atoms with Crippen LogP contribution < -0.4 is 10.0 Å². The van der Waals surface area contributed by atoms with E-state index in [9.17, 15) is 18.0 Å². The molecular formula is C22H19ClN2O5S. The third kappa shape index (κ3) is 5.42. The Hall–Kier alpha value is -3.36. The summed E-state index contributed by atoms with van der Waals surface area (Å²) in [4.78, 5) is 24.8. The van der Waals surface area contributed by atoms with Crippen LogP contribution in [-0.2, 0) is 14.8 Å². The minimum absolute atomic E-state index is 0.0471. The van der Waals surface area contributed by atoms with Crippen LogP contribution in [0.4, 0.5) is 11.4 Å². The van der Waals surface area contributed by atoms with Crippen LogP contribution in [-0.4, -0.2) is 26.9 Å². The second-order valence-electron chi connectivity index (χ2n) is 6.33. The van der Waals surface area contributed by atoms with Crippen molar-refractivity contribution in [3.8, 4) is 0 Å². The Morgan fingerprint density at radius 2 is 1.61 bits per heavy atom. The van der Waals surface area contributed by atoms with Crippen LogP contribution in [0.5, 0.6) is 0 Å². The number of esters is 1. The highest BCUT2D eigenvalue weighted by Gasteiger charge is 2.18. The van der Waals surface area contributed by atoms with E-state index >= 15 is 0 Å². The molecule has 0 bridgehead atoms. The first-order chi connectivity index (χ1) is 14.8. The van der Waals surface area contributed by atoms with E-state index in [2.05, 4.69) is 10.0 Å². The number of rotatable bonds is 7. The molecule has 0 aliphatic rings. The highest BCUT2D eigenvalue weighted by Crippen LogP contribution is 2.26. The fraction of sp³-hybridized carbons (Fsp3) is 0.0909. The topological polar surface area (TPSA) is 102 Å². The van der Waals surface area contributed by atoms with Crippen LogP contribution >= 0.6 is 11.6 Å². The number of carbonyl (C=O) groups is 2. The standard InChI is InChI=1S/C22H19ClN2O5S/c1-2-30-22(27)17-10-6-7-11-19(17)24-21(26)15-12-13-20(18(23)14-15)25-31(28,29)16-8-4-3-5-9-16/h3-14,25H,2H2,1H3,(H,24,26). The molecule has 7 nitrogen and oxygen atoms in total. The van der Waals surface area contributed by atoms with E-state index in [0.29, 0.717) is 0 Å². The van der Waals surface area contributed by atoms with Gasteiger partial charge in [-0.1, -0.05) is 41.9 Å². The maximum absolute atomic E-state index is 12.7. The zero-order valence-corrected chi connectivity index (χ0v) is 18.0. The van der Waals surface area contributed by atoms with Crippen molar-refractivity contribution in [1.29, 1.82) is 0 Å². The normalized spacial score (nSPS) is 10.9. The van der Waals surface area contributed by atoms with E-state index in [1.807, 2.05) is 0 Å². The molecule has 0 heterocycles. The fourth-order valence-corrected chi connectivity index (χ4v) is 4.10. The van der Waals surface area contributed by atoms with Gasteiger partial charge in [-0.3, -0.25) is 9.52 Å². The maximum Gasteiger partial charge on any atom is 0.340 e. The number of sulfonamides is 1. The monoisotopic (exact) mass is 458 g/mol. The molecule has 0 radical (unpaired) electrons. The van der Waals surface area contributed by atoms with E-state index in [0.717, 1.165) is 0 Å². The van der Waals surface area contributed by atoms with Gasteiger partial charge >= 0.3 is 5.97 Å². The molecule has 9 heteroatoms. The molecule has 2 N–H and O–H groups in total. The Morgan fingerprint density at radius 1 is 0.935 bits per heavy atom. The number of anilines is 2. The lowest BCUT2D eigenvalue weighted by molar-refractivity contribution is 0.0527. The molecule has 0 aliphatic carbocycles. The Kier molecular flexibility index (Phi) is 6.94. The van der Waals surface area contributed by atoms with Crippen LogP contribution in [0, 0.1) is 0 Å². The summed E-state index contributed by atoms with van der Waals surface area (Å²) in [5.41, 5.74) is 0.826. The Labute approximate surface area is 185 Å². The third-order valence-electron chi connectivity index (χ3n) is 4.20. The van der Waals surface area contributed by atoms with Gasteiger partial charge in [0.2, 0.25) is 0 Å². The zero-order chi connectivity index (χ0) is 22.4. The van der Waals surface area contributed by atoms with Gasteiger partial charge in [0.25, 0.3) is 15.9 Å². The molecular weight excluding hydrogens is 440 g/mol. The summed E-state index contributed by atoms with van der Waals surface area (Å²) in [6, 6.07) is 18.5. The number of para-hydroxylation sites is 1. The van der Waals surface area contributed by atoms with Gasteiger partial charge in [-0.25, -0.2) is 13.2 Å².